The van der Waals surface area contributed by atoms with Crippen molar-refractivity contribution in [2.75, 3.05) is 31.5 Å². The molecular formula is C21H31N5O3. The van der Waals surface area contributed by atoms with E-state index in [4.69, 9.17) is 0 Å². The Kier molecular flexibility index (Phi) is 6.71. The lowest BCUT2D eigenvalue weighted by Gasteiger charge is -2.34. The number of nitrogens with one attached hydrogen (secondary N) is 1. The summed E-state index contributed by atoms with van der Waals surface area (Å²) in [5.41, 5.74) is 0. The lowest BCUT2D eigenvalue weighted by atomic mass is 10.0. The first-order chi connectivity index (χ1) is 13.9. The quantitative estimate of drug-likeness (QED) is 0.709. The molecule has 3 heterocycles. The smallest absolute Gasteiger partial charge is 0.227 e. The van der Waals surface area contributed by atoms with Gasteiger partial charge in [0.25, 0.3) is 0 Å². The average molecular weight is 402 g/mol. The van der Waals surface area contributed by atoms with Crippen molar-refractivity contribution in [3.63, 3.8) is 0 Å². The monoisotopic (exact) mass is 401 g/mol. The zero-order chi connectivity index (χ0) is 21.0. The molecule has 2 saturated heterocycles. The van der Waals surface area contributed by atoms with Gasteiger partial charge in [0.15, 0.2) is 0 Å². The number of carbonyl (C=O) groups excluding carboxylic acids is 3. The number of hydrogen-bond acceptors (Lipinski definition) is 4. The van der Waals surface area contributed by atoms with Crippen LogP contribution in [0, 0.1) is 11.8 Å². The van der Waals surface area contributed by atoms with Gasteiger partial charge in [-0.05, 0) is 18.8 Å². The molecule has 0 spiro atoms. The average Bonchev–Trinajstić information content (AvgIpc) is 3.28. The highest BCUT2D eigenvalue weighted by Crippen LogP contribution is 2.28. The van der Waals surface area contributed by atoms with Gasteiger partial charge < -0.3 is 15.1 Å². The molecule has 29 heavy (non-hydrogen) atoms. The summed E-state index contributed by atoms with van der Waals surface area (Å²) in [6.07, 6.45) is 5.70. The van der Waals surface area contributed by atoms with E-state index in [1.165, 1.54) is 0 Å². The SMILES string of the molecule is C=CCN1C[C@@H](C(=O)N2CCC(n3nccc3NC(=O)CC(C)C)CC2)CC1=O. The van der Waals surface area contributed by atoms with Gasteiger partial charge in [-0.25, -0.2) is 4.68 Å². The Morgan fingerprint density at radius 1 is 1.34 bits per heavy atom. The number of nitrogens with zero attached hydrogens (tertiary/aromatic N) is 4. The molecule has 0 unspecified atom stereocenters. The lowest BCUT2D eigenvalue weighted by Crippen LogP contribution is -2.43. The van der Waals surface area contributed by atoms with Gasteiger partial charge in [-0.1, -0.05) is 19.9 Å². The molecule has 3 amide bonds. The number of anilines is 1. The fourth-order valence-electron chi connectivity index (χ4n) is 4.13. The molecular weight excluding hydrogens is 370 g/mol. The fraction of sp³-hybridized carbons (Fsp3) is 0.619. The highest BCUT2D eigenvalue weighted by Gasteiger charge is 2.37. The van der Waals surface area contributed by atoms with Crippen molar-refractivity contribution in [3.8, 4) is 0 Å². The number of rotatable bonds is 7. The van der Waals surface area contributed by atoms with Crippen molar-refractivity contribution in [1.29, 1.82) is 0 Å². The molecule has 8 heteroatoms. The molecule has 0 aromatic carbocycles. The lowest BCUT2D eigenvalue weighted by molar-refractivity contribution is -0.137. The summed E-state index contributed by atoms with van der Waals surface area (Å²) < 4.78 is 1.87. The summed E-state index contributed by atoms with van der Waals surface area (Å²) in [5.74, 6) is 0.831. The van der Waals surface area contributed by atoms with E-state index in [1.807, 2.05) is 29.5 Å². The van der Waals surface area contributed by atoms with Crippen molar-refractivity contribution in [1.82, 2.24) is 19.6 Å². The Hall–Kier alpha value is -2.64. The third-order valence-corrected chi connectivity index (χ3v) is 5.57. The molecule has 0 saturated carbocycles. The first kappa shape index (κ1) is 21.1. The maximum atomic E-state index is 12.8. The van der Waals surface area contributed by atoms with E-state index in [9.17, 15) is 14.4 Å². The summed E-state index contributed by atoms with van der Waals surface area (Å²) in [6, 6.07) is 1.96. The van der Waals surface area contributed by atoms with Gasteiger partial charge in [0.05, 0.1) is 18.2 Å². The summed E-state index contributed by atoms with van der Waals surface area (Å²) in [7, 11) is 0. The molecule has 1 aromatic heterocycles. The molecule has 1 atom stereocenters. The second-order valence-corrected chi connectivity index (χ2v) is 8.35. The second-order valence-electron chi connectivity index (χ2n) is 8.35. The number of aromatic nitrogens is 2. The van der Waals surface area contributed by atoms with E-state index in [-0.39, 0.29) is 36.1 Å². The van der Waals surface area contributed by atoms with E-state index in [1.54, 1.807) is 17.2 Å². The molecule has 1 N–H and O–H groups in total. The first-order valence-corrected chi connectivity index (χ1v) is 10.4. The van der Waals surface area contributed by atoms with Gasteiger partial charge in [-0.2, -0.15) is 5.10 Å². The zero-order valence-corrected chi connectivity index (χ0v) is 17.3. The van der Waals surface area contributed by atoms with Crippen LogP contribution in [-0.4, -0.2) is 63.5 Å². The van der Waals surface area contributed by atoms with Crippen molar-refractivity contribution < 1.29 is 14.4 Å². The summed E-state index contributed by atoms with van der Waals surface area (Å²) >= 11 is 0. The van der Waals surface area contributed by atoms with Gasteiger partial charge in [-0.15, -0.1) is 6.58 Å². The number of carbonyl (C=O) groups is 3. The van der Waals surface area contributed by atoms with E-state index in [0.717, 1.165) is 12.8 Å². The Balaban J connectivity index is 1.54. The van der Waals surface area contributed by atoms with Gasteiger partial charge in [0.1, 0.15) is 5.82 Å². The molecule has 2 aliphatic rings. The van der Waals surface area contributed by atoms with E-state index in [2.05, 4.69) is 17.0 Å². The standard InChI is InChI=1S/C21H31N5O3/c1-4-9-25-14-16(13-20(25)28)21(29)24-10-6-17(7-11-24)26-18(5-8-22-26)23-19(27)12-15(2)3/h4-5,8,15-17H,1,6-7,9-14H2,2-3H3,(H,23,27)/t16-/m0/s1. The molecule has 8 nitrogen and oxygen atoms in total. The molecule has 0 aliphatic carbocycles. The van der Waals surface area contributed by atoms with Gasteiger partial charge >= 0.3 is 0 Å². The Labute approximate surface area is 171 Å². The van der Waals surface area contributed by atoms with Crippen LogP contribution in [0.3, 0.4) is 0 Å². The minimum Gasteiger partial charge on any atom is -0.342 e. The number of piperidine rings is 1. The van der Waals surface area contributed by atoms with E-state index >= 15 is 0 Å². The maximum absolute atomic E-state index is 12.8. The van der Waals surface area contributed by atoms with Crippen LogP contribution in [0.1, 0.15) is 45.6 Å². The van der Waals surface area contributed by atoms with Crippen LogP contribution in [0.15, 0.2) is 24.9 Å². The first-order valence-electron chi connectivity index (χ1n) is 10.4. The van der Waals surface area contributed by atoms with Crippen LogP contribution in [0.2, 0.25) is 0 Å². The van der Waals surface area contributed by atoms with Crippen molar-refractivity contribution in [2.24, 2.45) is 11.8 Å². The second kappa shape index (κ2) is 9.24. The van der Waals surface area contributed by atoms with Crippen LogP contribution in [0.25, 0.3) is 0 Å². The Bertz CT molecular complexity index is 764. The minimum atomic E-state index is -0.255. The normalized spacial score (nSPS) is 20.4. The van der Waals surface area contributed by atoms with E-state index in [0.29, 0.717) is 44.3 Å². The highest BCUT2D eigenvalue weighted by molar-refractivity contribution is 5.90. The molecule has 3 rings (SSSR count). The molecule has 158 valence electrons. The van der Waals surface area contributed by atoms with Crippen molar-refractivity contribution in [3.05, 3.63) is 24.9 Å². The fourth-order valence-corrected chi connectivity index (χ4v) is 4.13. The Morgan fingerprint density at radius 2 is 2.07 bits per heavy atom. The summed E-state index contributed by atoms with van der Waals surface area (Å²) in [4.78, 5) is 40.5. The predicted octanol–water partition coefficient (Wildman–Crippen LogP) is 2.07. The zero-order valence-electron chi connectivity index (χ0n) is 17.3. The number of likely N-dealkylation sites (tertiary alicyclic amines) is 2. The van der Waals surface area contributed by atoms with E-state index < -0.39 is 0 Å². The minimum absolute atomic E-state index is 0.00987. The van der Waals surface area contributed by atoms with Crippen LogP contribution < -0.4 is 5.32 Å². The largest absolute Gasteiger partial charge is 0.342 e. The van der Waals surface area contributed by atoms with Gasteiger partial charge in [0.2, 0.25) is 17.7 Å². The molecule has 1 aromatic rings. The van der Waals surface area contributed by atoms with Gasteiger partial charge in [-0.3, -0.25) is 14.4 Å². The van der Waals surface area contributed by atoms with Crippen molar-refractivity contribution in [2.45, 2.75) is 45.6 Å². The van der Waals surface area contributed by atoms with Crippen LogP contribution in [0.4, 0.5) is 5.82 Å². The maximum Gasteiger partial charge on any atom is 0.227 e. The topological polar surface area (TPSA) is 87.5 Å². The number of hydrogen-bond donors (Lipinski definition) is 1. The molecule has 0 bridgehead atoms. The highest BCUT2D eigenvalue weighted by atomic mass is 16.2. The Morgan fingerprint density at radius 3 is 2.72 bits per heavy atom. The van der Waals surface area contributed by atoms with Crippen LogP contribution in [-0.2, 0) is 14.4 Å². The molecule has 0 radical (unpaired) electrons. The third kappa shape index (κ3) is 5.05. The summed E-state index contributed by atoms with van der Waals surface area (Å²) in [6.45, 7) is 9.93. The molecule has 2 aliphatic heterocycles. The van der Waals surface area contributed by atoms with Crippen molar-refractivity contribution >= 4 is 23.5 Å². The number of amides is 3. The van der Waals surface area contributed by atoms with Crippen LogP contribution >= 0.6 is 0 Å². The van der Waals surface area contributed by atoms with Crippen LogP contribution in [0.5, 0.6) is 0 Å². The third-order valence-electron chi connectivity index (χ3n) is 5.57. The summed E-state index contributed by atoms with van der Waals surface area (Å²) in [5, 5.41) is 7.35. The molecule has 2 fully saturated rings. The van der Waals surface area contributed by atoms with Gasteiger partial charge in [0, 0.05) is 45.1 Å². The predicted molar refractivity (Wildman–Crippen MR) is 110 cm³/mol.